The number of halogens is 1. The number of hydrogen-bond acceptors (Lipinski definition) is 3. The fourth-order valence-electron chi connectivity index (χ4n) is 1.75. The molecule has 0 saturated heterocycles. The van der Waals surface area contributed by atoms with Gasteiger partial charge in [-0.3, -0.25) is 4.79 Å². The van der Waals surface area contributed by atoms with Gasteiger partial charge in [-0.05, 0) is 30.3 Å². The average Bonchev–Trinajstić information content (AvgIpc) is 2.42. The highest BCUT2D eigenvalue weighted by Gasteiger charge is 2.11. The molecule has 0 spiro atoms. The van der Waals surface area contributed by atoms with Crippen LogP contribution in [0, 0.1) is 0 Å². The Labute approximate surface area is 136 Å². The van der Waals surface area contributed by atoms with Gasteiger partial charge in [-0.25, -0.2) is 0 Å². The fourth-order valence-corrected chi connectivity index (χ4v) is 2.27. The van der Waals surface area contributed by atoms with Gasteiger partial charge in [0.15, 0.2) is 5.75 Å². The lowest BCUT2D eigenvalue weighted by Crippen LogP contribution is -2.11. The molecule has 0 atom stereocenters. The Bertz CT molecular complexity index is 704. The van der Waals surface area contributed by atoms with Crippen molar-refractivity contribution < 1.29 is 9.53 Å². The molecule has 0 aliphatic carbocycles. The fraction of sp³-hybridized carbons (Fsp3) is 0.0667. The number of thiocarbonyl (C=S) groups is 1. The summed E-state index contributed by atoms with van der Waals surface area (Å²) in [5.74, 6) is 0.882. The van der Waals surface area contributed by atoms with E-state index in [0.717, 1.165) is 4.47 Å². The summed E-state index contributed by atoms with van der Waals surface area (Å²) in [7, 11) is 0. The SMILES string of the molecule is CC(=O)Nc1ccccc1Oc1ccc(Br)cc1C(N)=S. The maximum atomic E-state index is 11.2. The van der Waals surface area contributed by atoms with Gasteiger partial charge in [-0.1, -0.05) is 40.3 Å². The van der Waals surface area contributed by atoms with E-state index in [9.17, 15) is 4.79 Å². The number of carbonyl (C=O) groups is 1. The van der Waals surface area contributed by atoms with E-state index in [4.69, 9.17) is 22.7 Å². The molecule has 0 aliphatic rings. The van der Waals surface area contributed by atoms with E-state index in [1.165, 1.54) is 6.92 Å². The molecule has 4 nitrogen and oxygen atoms in total. The standard InChI is InChI=1S/C15H13BrN2O2S/c1-9(19)18-12-4-2-3-5-14(12)20-13-7-6-10(16)8-11(13)15(17)21/h2-8H,1H3,(H2,17,21)(H,18,19). The summed E-state index contributed by atoms with van der Waals surface area (Å²) in [5.41, 5.74) is 6.92. The van der Waals surface area contributed by atoms with E-state index in [2.05, 4.69) is 21.2 Å². The topological polar surface area (TPSA) is 64.3 Å². The van der Waals surface area contributed by atoms with Crippen molar-refractivity contribution in [1.29, 1.82) is 0 Å². The average molecular weight is 365 g/mol. The van der Waals surface area contributed by atoms with Gasteiger partial charge in [0, 0.05) is 11.4 Å². The summed E-state index contributed by atoms with van der Waals surface area (Å²) < 4.78 is 6.71. The zero-order valence-electron chi connectivity index (χ0n) is 11.2. The first-order valence-corrected chi connectivity index (χ1v) is 7.31. The molecular weight excluding hydrogens is 352 g/mol. The lowest BCUT2D eigenvalue weighted by atomic mass is 10.2. The van der Waals surface area contributed by atoms with Crippen molar-refractivity contribution in [1.82, 2.24) is 0 Å². The van der Waals surface area contributed by atoms with Crippen molar-refractivity contribution in [2.24, 2.45) is 5.73 Å². The molecule has 1 amide bonds. The zero-order valence-corrected chi connectivity index (χ0v) is 13.6. The van der Waals surface area contributed by atoms with Crippen LogP contribution in [0.3, 0.4) is 0 Å². The van der Waals surface area contributed by atoms with Crippen LogP contribution in [0.15, 0.2) is 46.9 Å². The van der Waals surface area contributed by atoms with Crippen LogP contribution in [0.5, 0.6) is 11.5 Å². The van der Waals surface area contributed by atoms with E-state index in [-0.39, 0.29) is 10.9 Å². The monoisotopic (exact) mass is 364 g/mol. The summed E-state index contributed by atoms with van der Waals surface area (Å²) in [6.07, 6.45) is 0. The minimum absolute atomic E-state index is 0.170. The molecule has 108 valence electrons. The number of para-hydroxylation sites is 2. The van der Waals surface area contributed by atoms with E-state index in [1.807, 2.05) is 18.2 Å². The first-order valence-electron chi connectivity index (χ1n) is 6.11. The number of benzene rings is 2. The van der Waals surface area contributed by atoms with E-state index >= 15 is 0 Å². The molecule has 2 aromatic carbocycles. The number of amides is 1. The molecule has 2 rings (SSSR count). The van der Waals surface area contributed by atoms with E-state index in [0.29, 0.717) is 22.7 Å². The summed E-state index contributed by atoms with van der Waals surface area (Å²) in [4.78, 5) is 11.5. The van der Waals surface area contributed by atoms with Gasteiger partial charge in [0.25, 0.3) is 0 Å². The molecule has 0 aromatic heterocycles. The molecular formula is C15H13BrN2O2S. The Morgan fingerprint density at radius 1 is 1.24 bits per heavy atom. The Morgan fingerprint density at radius 3 is 2.62 bits per heavy atom. The highest BCUT2D eigenvalue weighted by molar-refractivity contribution is 9.10. The summed E-state index contributed by atoms with van der Waals surface area (Å²) in [5, 5.41) is 2.72. The van der Waals surface area contributed by atoms with Gasteiger partial charge >= 0.3 is 0 Å². The lowest BCUT2D eigenvalue weighted by Gasteiger charge is -2.14. The second kappa shape index (κ2) is 6.69. The molecule has 0 saturated carbocycles. The third-order valence-corrected chi connectivity index (χ3v) is 3.34. The zero-order chi connectivity index (χ0) is 15.4. The number of nitrogens with one attached hydrogen (secondary N) is 1. The van der Waals surface area contributed by atoms with Crippen molar-refractivity contribution in [3.05, 3.63) is 52.5 Å². The van der Waals surface area contributed by atoms with Gasteiger partial charge < -0.3 is 15.8 Å². The largest absolute Gasteiger partial charge is 0.454 e. The van der Waals surface area contributed by atoms with Gasteiger partial charge in [-0.15, -0.1) is 0 Å². The lowest BCUT2D eigenvalue weighted by molar-refractivity contribution is -0.114. The Balaban J connectivity index is 2.39. The molecule has 0 radical (unpaired) electrons. The van der Waals surface area contributed by atoms with Gasteiger partial charge in [0.05, 0.1) is 11.3 Å². The maximum Gasteiger partial charge on any atom is 0.221 e. The van der Waals surface area contributed by atoms with Crippen LogP contribution < -0.4 is 15.8 Å². The quantitative estimate of drug-likeness (QED) is 0.809. The summed E-state index contributed by atoms with van der Waals surface area (Å²) in [6, 6.07) is 12.5. The Morgan fingerprint density at radius 2 is 1.95 bits per heavy atom. The maximum absolute atomic E-state index is 11.2. The van der Waals surface area contributed by atoms with Gasteiger partial charge in [0.1, 0.15) is 10.7 Å². The van der Waals surface area contributed by atoms with Crippen LogP contribution in [-0.4, -0.2) is 10.9 Å². The summed E-state index contributed by atoms with van der Waals surface area (Å²) in [6.45, 7) is 1.44. The van der Waals surface area contributed by atoms with Crippen molar-refractivity contribution in [2.75, 3.05) is 5.32 Å². The molecule has 0 unspecified atom stereocenters. The van der Waals surface area contributed by atoms with Gasteiger partial charge in [-0.2, -0.15) is 0 Å². The Hall–Kier alpha value is -1.92. The van der Waals surface area contributed by atoms with E-state index < -0.39 is 0 Å². The third-order valence-electron chi connectivity index (χ3n) is 2.62. The predicted molar refractivity (Wildman–Crippen MR) is 90.8 cm³/mol. The minimum Gasteiger partial charge on any atom is -0.454 e. The van der Waals surface area contributed by atoms with Crippen molar-refractivity contribution in [2.45, 2.75) is 6.92 Å². The molecule has 0 aliphatic heterocycles. The molecule has 21 heavy (non-hydrogen) atoms. The molecule has 3 N–H and O–H groups in total. The smallest absolute Gasteiger partial charge is 0.221 e. The number of carbonyl (C=O) groups excluding carboxylic acids is 1. The predicted octanol–water partition coefficient (Wildman–Crippen LogP) is 3.83. The van der Waals surface area contributed by atoms with Crippen LogP contribution in [-0.2, 0) is 4.79 Å². The van der Waals surface area contributed by atoms with Crippen molar-refractivity contribution in [3.8, 4) is 11.5 Å². The first kappa shape index (κ1) is 15.5. The number of hydrogen-bond donors (Lipinski definition) is 2. The second-order valence-electron chi connectivity index (χ2n) is 4.28. The Kier molecular flexibility index (Phi) is 4.93. The number of anilines is 1. The molecule has 2 aromatic rings. The van der Waals surface area contributed by atoms with Crippen LogP contribution in [0.2, 0.25) is 0 Å². The second-order valence-corrected chi connectivity index (χ2v) is 5.64. The molecule has 0 bridgehead atoms. The normalized spacial score (nSPS) is 10.0. The number of rotatable bonds is 4. The minimum atomic E-state index is -0.170. The van der Waals surface area contributed by atoms with Crippen LogP contribution in [0.25, 0.3) is 0 Å². The first-order chi connectivity index (χ1) is 9.97. The van der Waals surface area contributed by atoms with Crippen LogP contribution >= 0.6 is 28.1 Å². The van der Waals surface area contributed by atoms with Crippen LogP contribution in [0.1, 0.15) is 12.5 Å². The highest BCUT2D eigenvalue weighted by Crippen LogP contribution is 2.32. The summed E-state index contributed by atoms with van der Waals surface area (Å²) >= 11 is 8.40. The molecule has 0 fully saturated rings. The van der Waals surface area contributed by atoms with Crippen molar-refractivity contribution >= 4 is 44.7 Å². The molecule has 6 heteroatoms. The van der Waals surface area contributed by atoms with Gasteiger partial charge in [0.2, 0.25) is 5.91 Å². The van der Waals surface area contributed by atoms with E-state index in [1.54, 1.807) is 24.3 Å². The van der Waals surface area contributed by atoms with Crippen molar-refractivity contribution in [3.63, 3.8) is 0 Å². The third kappa shape index (κ3) is 4.03. The highest BCUT2D eigenvalue weighted by atomic mass is 79.9. The molecule has 0 heterocycles. The van der Waals surface area contributed by atoms with Crippen LogP contribution in [0.4, 0.5) is 5.69 Å². The number of ether oxygens (including phenoxy) is 1. The number of nitrogens with two attached hydrogens (primary N) is 1.